The fraction of sp³-hybridized carbons (Fsp3) is 0.455. The Labute approximate surface area is 70.3 Å². The molecule has 0 aromatic rings. The van der Waals surface area contributed by atoms with Gasteiger partial charge >= 0.3 is 0 Å². The van der Waals surface area contributed by atoms with Crippen LogP contribution in [0.2, 0.25) is 0 Å². The van der Waals surface area contributed by atoms with Crippen molar-refractivity contribution in [1.29, 1.82) is 0 Å². The third-order valence-electron chi connectivity index (χ3n) is 1.85. The van der Waals surface area contributed by atoms with Crippen molar-refractivity contribution in [2.24, 2.45) is 5.92 Å². The molecule has 0 aliphatic heterocycles. The number of hydrogen-bond acceptors (Lipinski definition) is 0. The van der Waals surface area contributed by atoms with Gasteiger partial charge in [0, 0.05) is 0 Å². The summed E-state index contributed by atoms with van der Waals surface area (Å²) in [6.45, 7) is 14.1. The van der Waals surface area contributed by atoms with Crippen molar-refractivity contribution < 1.29 is 0 Å². The standard InChI is InChI=1S/C11H18/c1-6-10(4)7-8-11(5)9(2)3/h7-8,11H,2,4,6H2,1,3,5H3/b8-7-/t11-/m1/s1. The lowest BCUT2D eigenvalue weighted by Crippen LogP contribution is -1.88. The normalized spacial score (nSPS) is 13.4. The molecule has 1 atom stereocenters. The summed E-state index contributed by atoms with van der Waals surface area (Å²) >= 11 is 0. The van der Waals surface area contributed by atoms with Crippen LogP contribution in [0.5, 0.6) is 0 Å². The molecule has 11 heavy (non-hydrogen) atoms. The Morgan fingerprint density at radius 1 is 1.45 bits per heavy atom. The van der Waals surface area contributed by atoms with Gasteiger partial charge in [-0.05, 0) is 19.3 Å². The average Bonchev–Trinajstić information content (AvgIpc) is 1.99. The lowest BCUT2D eigenvalue weighted by molar-refractivity contribution is 0.865. The molecule has 0 N–H and O–H groups in total. The van der Waals surface area contributed by atoms with Crippen molar-refractivity contribution in [2.45, 2.75) is 27.2 Å². The second kappa shape index (κ2) is 4.95. The van der Waals surface area contributed by atoms with Crippen LogP contribution in [0.4, 0.5) is 0 Å². The Morgan fingerprint density at radius 3 is 2.36 bits per heavy atom. The van der Waals surface area contributed by atoms with Crippen molar-refractivity contribution in [3.63, 3.8) is 0 Å². The fourth-order valence-corrected chi connectivity index (χ4v) is 0.563. The van der Waals surface area contributed by atoms with E-state index in [0.717, 1.165) is 6.42 Å². The number of hydrogen-bond donors (Lipinski definition) is 0. The fourth-order valence-electron chi connectivity index (χ4n) is 0.563. The molecule has 0 bridgehead atoms. The molecule has 62 valence electrons. The molecule has 0 aromatic carbocycles. The summed E-state index contributed by atoms with van der Waals surface area (Å²) in [7, 11) is 0. The van der Waals surface area contributed by atoms with E-state index in [-0.39, 0.29) is 0 Å². The minimum absolute atomic E-state index is 0.471. The van der Waals surface area contributed by atoms with Crippen LogP contribution in [-0.2, 0) is 0 Å². The molecule has 0 heterocycles. The predicted octanol–water partition coefficient (Wildman–Crippen LogP) is 3.72. The Balaban J connectivity index is 3.92. The van der Waals surface area contributed by atoms with E-state index in [2.05, 4.69) is 39.2 Å². The number of rotatable bonds is 4. The zero-order valence-corrected chi connectivity index (χ0v) is 7.85. The topological polar surface area (TPSA) is 0 Å². The van der Waals surface area contributed by atoms with Gasteiger partial charge in [0.1, 0.15) is 0 Å². The molecular weight excluding hydrogens is 132 g/mol. The lowest BCUT2D eigenvalue weighted by Gasteiger charge is -2.03. The van der Waals surface area contributed by atoms with E-state index in [1.807, 2.05) is 6.92 Å². The van der Waals surface area contributed by atoms with Crippen molar-refractivity contribution in [1.82, 2.24) is 0 Å². The minimum atomic E-state index is 0.471. The van der Waals surface area contributed by atoms with E-state index in [9.17, 15) is 0 Å². The second-order valence-corrected chi connectivity index (χ2v) is 3.01. The van der Waals surface area contributed by atoms with Gasteiger partial charge in [0.05, 0.1) is 0 Å². The Hall–Kier alpha value is -0.780. The van der Waals surface area contributed by atoms with Gasteiger partial charge in [0.15, 0.2) is 0 Å². The lowest BCUT2D eigenvalue weighted by atomic mass is 10.0. The van der Waals surface area contributed by atoms with Crippen molar-refractivity contribution in [2.75, 3.05) is 0 Å². The summed E-state index contributed by atoms with van der Waals surface area (Å²) in [5.74, 6) is 0.471. The summed E-state index contributed by atoms with van der Waals surface area (Å²) in [4.78, 5) is 0. The first-order chi connectivity index (χ1) is 5.07. The molecule has 0 saturated carbocycles. The quantitative estimate of drug-likeness (QED) is 0.423. The highest BCUT2D eigenvalue weighted by Crippen LogP contribution is 2.10. The summed E-state index contributed by atoms with van der Waals surface area (Å²) < 4.78 is 0. The van der Waals surface area contributed by atoms with E-state index in [1.54, 1.807) is 0 Å². The summed E-state index contributed by atoms with van der Waals surface area (Å²) in [5, 5.41) is 0. The maximum absolute atomic E-state index is 3.89. The molecule has 0 radical (unpaired) electrons. The van der Waals surface area contributed by atoms with E-state index in [1.165, 1.54) is 11.1 Å². The zero-order chi connectivity index (χ0) is 8.85. The SMILES string of the molecule is C=C(/C=C\[C@@H](C)C(=C)C)CC. The van der Waals surface area contributed by atoms with Crippen molar-refractivity contribution in [3.8, 4) is 0 Å². The van der Waals surface area contributed by atoms with Gasteiger partial charge in [-0.2, -0.15) is 0 Å². The zero-order valence-electron chi connectivity index (χ0n) is 7.85. The van der Waals surface area contributed by atoms with Crippen LogP contribution >= 0.6 is 0 Å². The van der Waals surface area contributed by atoms with E-state index >= 15 is 0 Å². The molecule has 0 unspecified atom stereocenters. The van der Waals surface area contributed by atoms with Gasteiger partial charge in [0.2, 0.25) is 0 Å². The van der Waals surface area contributed by atoms with Crippen LogP contribution in [0.25, 0.3) is 0 Å². The van der Waals surface area contributed by atoms with Gasteiger partial charge in [-0.25, -0.2) is 0 Å². The Morgan fingerprint density at radius 2 is 2.00 bits per heavy atom. The van der Waals surface area contributed by atoms with Crippen LogP contribution in [0.15, 0.2) is 36.5 Å². The van der Waals surface area contributed by atoms with Gasteiger partial charge in [-0.15, -0.1) is 0 Å². The van der Waals surface area contributed by atoms with Crippen LogP contribution in [-0.4, -0.2) is 0 Å². The van der Waals surface area contributed by atoms with Gasteiger partial charge < -0.3 is 0 Å². The Kier molecular flexibility index (Phi) is 4.60. The van der Waals surface area contributed by atoms with Crippen LogP contribution < -0.4 is 0 Å². The van der Waals surface area contributed by atoms with Crippen molar-refractivity contribution in [3.05, 3.63) is 36.5 Å². The predicted molar refractivity (Wildman–Crippen MR) is 52.5 cm³/mol. The first-order valence-corrected chi connectivity index (χ1v) is 4.09. The number of allylic oxidation sites excluding steroid dienone is 4. The monoisotopic (exact) mass is 150 g/mol. The van der Waals surface area contributed by atoms with Gasteiger partial charge in [-0.1, -0.05) is 50.3 Å². The molecule has 0 saturated heterocycles. The molecule has 0 heteroatoms. The summed E-state index contributed by atoms with van der Waals surface area (Å²) in [5.41, 5.74) is 2.38. The van der Waals surface area contributed by atoms with E-state index in [4.69, 9.17) is 0 Å². The van der Waals surface area contributed by atoms with Gasteiger partial charge in [0.25, 0.3) is 0 Å². The van der Waals surface area contributed by atoms with Crippen LogP contribution in [0.1, 0.15) is 27.2 Å². The Bertz CT molecular complexity index is 172. The second-order valence-electron chi connectivity index (χ2n) is 3.01. The molecule has 0 rings (SSSR count). The van der Waals surface area contributed by atoms with Gasteiger partial charge in [-0.3, -0.25) is 0 Å². The van der Waals surface area contributed by atoms with E-state index < -0.39 is 0 Å². The maximum atomic E-state index is 3.89. The van der Waals surface area contributed by atoms with Crippen molar-refractivity contribution >= 4 is 0 Å². The molecule has 0 spiro atoms. The molecule has 0 amide bonds. The highest BCUT2D eigenvalue weighted by molar-refractivity contribution is 5.17. The third kappa shape index (κ3) is 4.60. The molecular formula is C11H18. The van der Waals surface area contributed by atoms with Crippen LogP contribution in [0.3, 0.4) is 0 Å². The molecule has 0 aromatic heterocycles. The molecule has 0 nitrogen and oxygen atoms in total. The smallest absolute Gasteiger partial charge is 0.00539 e. The maximum Gasteiger partial charge on any atom is -0.00539 e. The first kappa shape index (κ1) is 10.2. The summed E-state index contributed by atoms with van der Waals surface area (Å²) in [6.07, 6.45) is 5.26. The molecule has 0 fully saturated rings. The highest BCUT2D eigenvalue weighted by atomic mass is 14.0. The average molecular weight is 150 g/mol. The third-order valence-corrected chi connectivity index (χ3v) is 1.85. The highest BCUT2D eigenvalue weighted by Gasteiger charge is 1.94. The largest absolute Gasteiger partial charge is 0.0996 e. The molecule has 0 aliphatic rings. The van der Waals surface area contributed by atoms with Crippen LogP contribution in [0, 0.1) is 5.92 Å². The summed E-state index contributed by atoms with van der Waals surface area (Å²) in [6, 6.07) is 0. The minimum Gasteiger partial charge on any atom is -0.0996 e. The van der Waals surface area contributed by atoms with E-state index in [0.29, 0.717) is 5.92 Å². The molecule has 0 aliphatic carbocycles. The first-order valence-electron chi connectivity index (χ1n) is 4.09.